The molecule has 0 saturated heterocycles. The quantitative estimate of drug-likeness (QED) is 0.239. The Morgan fingerprint density at radius 2 is 1.77 bits per heavy atom. The molecule has 4 bridgehead atoms. The molecule has 8 nitrogen and oxygen atoms in total. The van der Waals surface area contributed by atoms with Crippen molar-refractivity contribution < 1.29 is 13.7 Å². The first-order valence-corrected chi connectivity index (χ1v) is 16.0. The number of alkyl halides is 1. The van der Waals surface area contributed by atoms with Crippen molar-refractivity contribution in [2.24, 2.45) is 10.8 Å². The lowest BCUT2D eigenvalue weighted by molar-refractivity contribution is -0.211. The Kier molecular flexibility index (Phi) is 5.11. The second-order valence-corrected chi connectivity index (χ2v) is 14.8. The van der Waals surface area contributed by atoms with Crippen molar-refractivity contribution in [3.63, 3.8) is 0 Å². The van der Waals surface area contributed by atoms with E-state index >= 15 is 0 Å². The maximum Gasteiger partial charge on any atom is 0.233 e. The molecule has 3 aromatic heterocycles. The number of rotatable bonds is 7. The molecule has 7 saturated carbocycles. The Labute approximate surface area is 250 Å². The van der Waals surface area contributed by atoms with Gasteiger partial charge in [-0.25, -0.2) is 13.9 Å². The van der Waals surface area contributed by atoms with Crippen molar-refractivity contribution in [2.45, 2.75) is 101 Å². The fraction of sp³-hybridized carbons (Fsp3) is 0.559. The summed E-state index contributed by atoms with van der Waals surface area (Å²) in [4.78, 5) is 25.8. The average Bonchev–Trinajstić information content (AvgIpc) is 3.57. The van der Waals surface area contributed by atoms with Crippen LogP contribution in [0.3, 0.4) is 0 Å². The molecule has 0 radical (unpaired) electrons. The second kappa shape index (κ2) is 8.51. The number of pyridine rings is 1. The van der Waals surface area contributed by atoms with Gasteiger partial charge in [0.25, 0.3) is 0 Å². The number of nitrogens with zero attached hydrogens (tertiary/aromatic N) is 6. The number of carbonyl (C=O) groups excluding carboxylic acids is 1. The smallest absolute Gasteiger partial charge is 0.233 e. The van der Waals surface area contributed by atoms with Gasteiger partial charge in [0.05, 0.1) is 5.41 Å². The van der Waals surface area contributed by atoms with Gasteiger partial charge in [0, 0.05) is 35.3 Å². The molecule has 3 heterocycles. The number of anilines is 1. The Hall–Kier alpha value is -3.62. The van der Waals surface area contributed by atoms with Crippen LogP contribution in [-0.4, -0.2) is 42.9 Å². The van der Waals surface area contributed by atoms with E-state index in [0.717, 1.165) is 84.1 Å². The largest absolute Gasteiger partial charge is 0.339 e. The first kappa shape index (κ1) is 25.8. The van der Waals surface area contributed by atoms with Gasteiger partial charge in [0.15, 0.2) is 11.5 Å². The summed E-state index contributed by atoms with van der Waals surface area (Å²) in [5.74, 6) is 3.05. The van der Waals surface area contributed by atoms with Gasteiger partial charge in [-0.3, -0.25) is 4.79 Å². The number of benzene rings is 1. The molecule has 0 aliphatic heterocycles. The highest BCUT2D eigenvalue weighted by molar-refractivity contribution is 6.00. The number of aryl methyl sites for hydroxylation is 2. The monoisotopic (exact) mass is 580 g/mol. The normalized spacial score (nSPS) is 32.4. The van der Waals surface area contributed by atoms with Gasteiger partial charge < -0.3 is 9.42 Å². The second-order valence-electron chi connectivity index (χ2n) is 14.8. The molecule has 7 fully saturated rings. The van der Waals surface area contributed by atoms with Gasteiger partial charge in [-0.2, -0.15) is 10.1 Å². The zero-order valence-electron chi connectivity index (χ0n) is 24.9. The molecule has 11 rings (SSSR count). The Morgan fingerprint density at radius 3 is 2.47 bits per heavy atom. The molecule has 222 valence electrons. The van der Waals surface area contributed by atoms with Crippen LogP contribution < -0.4 is 4.90 Å². The molecule has 0 spiro atoms. The molecular formula is C34H37FN6O2. The lowest BCUT2D eigenvalue weighted by Crippen LogP contribution is -2.71. The molecule has 0 N–H and O–H groups in total. The van der Waals surface area contributed by atoms with Crippen LogP contribution in [0.1, 0.15) is 99.6 Å². The molecule has 1 amide bonds. The number of aromatic nitrogens is 5. The van der Waals surface area contributed by atoms with Crippen LogP contribution in [-0.2, 0) is 10.2 Å². The van der Waals surface area contributed by atoms with Gasteiger partial charge in [-0.15, -0.1) is 0 Å². The summed E-state index contributed by atoms with van der Waals surface area (Å²) in [6, 6.07) is 10.4. The lowest BCUT2D eigenvalue weighted by Gasteiger charge is -2.65. The zero-order valence-corrected chi connectivity index (χ0v) is 24.9. The van der Waals surface area contributed by atoms with Crippen LogP contribution in [0, 0.1) is 24.7 Å². The summed E-state index contributed by atoms with van der Waals surface area (Å²) in [6.07, 6.45) is 11.6. The number of amides is 1. The first-order chi connectivity index (χ1) is 20.7. The van der Waals surface area contributed by atoms with Crippen LogP contribution in [0.4, 0.5) is 10.1 Å². The minimum Gasteiger partial charge on any atom is -0.339 e. The van der Waals surface area contributed by atoms with E-state index in [-0.39, 0.29) is 16.7 Å². The van der Waals surface area contributed by atoms with Crippen LogP contribution in [0.25, 0.3) is 16.8 Å². The SMILES string of the molecule is Cc1nc2c(C)cc(-c3cccc(N(CC45CCC(c6nc(C7CC7)no6)(CC4)CC5)C(=O)C45CC(F)(C4)C5)c3)cn2n1. The number of halogens is 1. The summed E-state index contributed by atoms with van der Waals surface area (Å²) in [5.41, 5.74) is 3.21. The lowest BCUT2D eigenvalue weighted by atomic mass is 9.41. The van der Waals surface area contributed by atoms with E-state index in [1.165, 1.54) is 12.8 Å². The number of carbonyl (C=O) groups is 1. The fourth-order valence-corrected chi connectivity index (χ4v) is 8.84. The molecule has 0 unspecified atom stereocenters. The molecular weight excluding hydrogens is 543 g/mol. The number of hydrogen-bond donors (Lipinski definition) is 0. The molecule has 7 aliphatic carbocycles. The average molecular weight is 581 g/mol. The maximum atomic E-state index is 14.7. The Bertz CT molecular complexity index is 1760. The van der Waals surface area contributed by atoms with E-state index in [0.29, 0.717) is 31.7 Å². The summed E-state index contributed by atoms with van der Waals surface area (Å²) < 4.78 is 22.3. The van der Waals surface area contributed by atoms with Crippen molar-refractivity contribution in [1.29, 1.82) is 0 Å². The van der Waals surface area contributed by atoms with Gasteiger partial charge in [0.1, 0.15) is 11.5 Å². The van der Waals surface area contributed by atoms with E-state index in [4.69, 9.17) is 9.51 Å². The third-order valence-corrected chi connectivity index (χ3v) is 11.6. The van der Waals surface area contributed by atoms with Crippen molar-refractivity contribution in [2.75, 3.05) is 11.4 Å². The number of fused-ring (bicyclic) bond motifs is 4. The third-order valence-electron chi connectivity index (χ3n) is 11.6. The van der Waals surface area contributed by atoms with Gasteiger partial charge in [-0.1, -0.05) is 17.3 Å². The molecule has 43 heavy (non-hydrogen) atoms. The van der Waals surface area contributed by atoms with E-state index < -0.39 is 11.1 Å². The minimum atomic E-state index is -1.12. The van der Waals surface area contributed by atoms with Crippen molar-refractivity contribution in [1.82, 2.24) is 24.7 Å². The summed E-state index contributed by atoms with van der Waals surface area (Å²) in [5, 5.41) is 8.86. The summed E-state index contributed by atoms with van der Waals surface area (Å²) in [6.45, 7) is 4.62. The van der Waals surface area contributed by atoms with Crippen LogP contribution >= 0.6 is 0 Å². The predicted octanol–water partition coefficient (Wildman–Crippen LogP) is 6.79. The first-order valence-electron chi connectivity index (χ1n) is 16.0. The van der Waals surface area contributed by atoms with Gasteiger partial charge in [0.2, 0.25) is 11.8 Å². The topological polar surface area (TPSA) is 89.4 Å². The van der Waals surface area contributed by atoms with Gasteiger partial charge in [-0.05, 0) is 119 Å². The highest BCUT2D eigenvalue weighted by atomic mass is 19.1. The highest BCUT2D eigenvalue weighted by Crippen LogP contribution is 2.70. The van der Waals surface area contributed by atoms with E-state index in [1.54, 1.807) is 0 Å². The van der Waals surface area contributed by atoms with E-state index in [1.807, 2.05) is 34.7 Å². The fourth-order valence-electron chi connectivity index (χ4n) is 8.84. The molecule has 9 heteroatoms. The Balaban J connectivity index is 1.02. The highest BCUT2D eigenvalue weighted by Gasteiger charge is 2.73. The van der Waals surface area contributed by atoms with Crippen LogP contribution in [0.5, 0.6) is 0 Å². The van der Waals surface area contributed by atoms with Gasteiger partial charge >= 0.3 is 0 Å². The van der Waals surface area contributed by atoms with E-state index in [2.05, 4.69) is 40.4 Å². The minimum absolute atomic E-state index is 0.0265. The zero-order chi connectivity index (χ0) is 29.2. The number of hydrogen-bond acceptors (Lipinski definition) is 6. The van der Waals surface area contributed by atoms with Crippen LogP contribution in [0.15, 0.2) is 41.1 Å². The van der Waals surface area contributed by atoms with Crippen molar-refractivity contribution in [3.05, 3.63) is 59.6 Å². The standard InChI is InChI=1S/C34H37FN6O2/c1-21-14-25(16-41-28(21)36-22(2)38-41)24-4-3-5-26(15-24)40(30(42)33-17-34(35,18-33)19-33)20-31-8-11-32(12-9-31,13-10-31)29-37-27(39-43-29)23-6-7-23/h3-5,14-16,23H,6-13,17-20H2,1-2H3. The third kappa shape index (κ3) is 3.88. The predicted molar refractivity (Wildman–Crippen MR) is 158 cm³/mol. The summed E-state index contributed by atoms with van der Waals surface area (Å²) in [7, 11) is 0. The Morgan fingerprint density at radius 1 is 1.02 bits per heavy atom. The van der Waals surface area contributed by atoms with Crippen molar-refractivity contribution in [3.8, 4) is 11.1 Å². The molecule has 4 aromatic rings. The van der Waals surface area contributed by atoms with Crippen molar-refractivity contribution >= 4 is 17.2 Å². The van der Waals surface area contributed by atoms with Crippen LogP contribution in [0.2, 0.25) is 0 Å². The molecule has 7 aliphatic rings. The molecule has 0 atom stereocenters. The van der Waals surface area contributed by atoms with E-state index in [9.17, 15) is 9.18 Å². The maximum absolute atomic E-state index is 14.7. The summed E-state index contributed by atoms with van der Waals surface area (Å²) >= 11 is 0. The molecule has 1 aromatic carbocycles.